The summed E-state index contributed by atoms with van der Waals surface area (Å²) in [7, 11) is 0. The molecule has 2 rings (SSSR count). The van der Waals surface area contributed by atoms with E-state index in [2.05, 4.69) is 27.9 Å². The standard InChI is InChI=1S/C17H25N5O/c1-2-9-20-17(19)21-11-13-6-3-4-8-15(13)22-10-5-7-14(12-22)16(18)23/h2-4,6,8,14H,1,5,7,9-12H2,(H2,18,23)(H3,19,20,21)/t14-/m0/s1. The lowest BCUT2D eigenvalue weighted by molar-refractivity contribution is -0.122. The van der Waals surface area contributed by atoms with Crippen LogP contribution in [0.3, 0.4) is 0 Å². The molecule has 1 aromatic carbocycles. The second kappa shape index (κ2) is 8.22. The van der Waals surface area contributed by atoms with Crippen LogP contribution in [0, 0.1) is 5.92 Å². The van der Waals surface area contributed by atoms with E-state index in [1.807, 2.05) is 18.2 Å². The summed E-state index contributed by atoms with van der Waals surface area (Å²) in [5.74, 6) is 0.0936. The minimum Gasteiger partial charge on any atom is -0.370 e. The zero-order chi connectivity index (χ0) is 16.7. The predicted octanol–water partition coefficient (Wildman–Crippen LogP) is 0.979. The Hall–Kier alpha value is -2.50. The van der Waals surface area contributed by atoms with Crippen LogP contribution < -0.4 is 21.7 Å². The Morgan fingerprint density at radius 3 is 2.96 bits per heavy atom. The predicted molar refractivity (Wildman–Crippen MR) is 94.1 cm³/mol. The lowest BCUT2D eigenvalue weighted by atomic mass is 9.96. The molecule has 1 atom stereocenters. The van der Waals surface area contributed by atoms with Crippen LogP contribution in [0.4, 0.5) is 5.69 Å². The van der Waals surface area contributed by atoms with Crippen LogP contribution in [0.5, 0.6) is 0 Å². The molecule has 1 saturated heterocycles. The van der Waals surface area contributed by atoms with E-state index in [4.69, 9.17) is 11.5 Å². The fourth-order valence-corrected chi connectivity index (χ4v) is 2.78. The van der Waals surface area contributed by atoms with Crippen molar-refractivity contribution in [2.24, 2.45) is 22.4 Å². The number of para-hydroxylation sites is 1. The number of hydrogen-bond donors (Lipinski definition) is 3. The minimum absolute atomic E-state index is 0.0837. The van der Waals surface area contributed by atoms with Crippen LogP contribution in [0.15, 0.2) is 41.9 Å². The van der Waals surface area contributed by atoms with E-state index < -0.39 is 0 Å². The summed E-state index contributed by atoms with van der Waals surface area (Å²) in [5.41, 5.74) is 13.5. The number of amides is 1. The number of benzene rings is 1. The van der Waals surface area contributed by atoms with Gasteiger partial charge in [-0.15, -0.1) is 6.58 Å². The monoisotopic (exact) mass is 315 g/mol. The zero-order valence-electron chi connectivity index (χ0n) is 13.4. The Labute approximate surface area is 137 Å². The van der Waals surface area contributed by atoms with Crippen LogP contribution in [0.1, 0.15) is 18.4 Å². The first-order valence-electron chi connectivity index (χ1n) is 7.88. The van der Waals surface area contributed by atoms with Gasteiger partial charge in [0.05, 0.1) is 12.5 Å². The van der Waals surface area contributed by atoms with Gasteiger partial charge in [0.25, 0.3) is 0 Å². The highest BCUT2D eigenvalue weighted by Gasteiger charge is 2.25. The number of rotatable bonds is 6. The Balaban J connectivity index is 2.10. The molecule has 0 aliphatic carbocycles. The summed E-state index contributed by atoms with van der Waals surface area (Å²) in [6.07, 6.45) is 3.56. The number of nitrogens with two attached hydrogens (primary N) is 2. The van der Waals surface area contributed by atoms with Crippen molar-refractivity contribution in [3.05, 3.63) is 42.5 Å². The highest BCUT2D eigenvalue weighted by Crippen LogP contribution is 2.26. The third-order valence-corrected chi connectivity index (χ3v) is 4.00. The van der Waals surface area contributed by atoms with Gasteiger partial charge in [-0.25, -0.2) is 4.99 Å². The molecule has 1 aliphatic heterocycles. The van der Waals surface area contributed by atoms with Crippen LogP contribution >= 0.6 is 0 Å². The van der Waals surface area contributed by atoms with Crippen molar-refractivity contribution < 1.29 is 4.79 Å². The number of nitrogens with zero attached hydrogens (tertiary/aromatic N) is 2. The van der Waals surface area contributed by atoms with Crippen LogP contribution in [-0.4, -0.2) is 31.5 Å². The highest BCUT2D eigenvalue weighted by atomic mass is 16.1. The molecule has 0 radical (unpaired) electrons. The second-order valence-corrected chi connectivity index (χ2v) is 5.69. The topological polar surface area (TPSA) is 96.7 Å². The molecule has 0 saturated carbocycles. The molecule has 1 amide bonds. The van der Waals surface area contributed by atoms with Crippen molar-refractivity contribution in [3.8, 4) is 0 Å². The largest absolute Gasteiger partial charge is 0.370 e. The molecule has 124 valence electrons. The molecule has 0 unspecified atom stereocenters. The molecule has 1 aliphatic rings. The maximum atomic E-state index is 11.5. The Bertz CT molecular complexity index is 584. The smallest absolute Gasteiger partial charge is 0.222 e. The normalized spacial score (nSPS) is 18.5. The first-order valence-corrected chi connectivity index (χ1v) is 7.88. The lowest BCUT2D eigenvalue weighted by Crippen LogP contribution is -2.41. The van der Waals surface area contributed by atoms with E-state index in [0.717, 1.165) is 30.6 Å². The lowest BCUT2D eigenvalue weighted by Gasteiger charge is -2.34. The first-order chi connectivity index (χ1) is 11.1. The maximum Gasteiger partial charge on any atom is 0.222 e. The molecule has 1 fully saturated rings. The number of aliphatic imine (C=N–C) groups is 1. The van der Waals surface area contributed by atoms with Crippen molar-refractivity contribution in [2.75, 3.05) is 24.5 Å². The van der Waals surface area contributed by atoms with E-state index in [9.17, 15) is 4.79 Å². The van der Waals surface area contributed by atoms with Gasteiger partial charge < -0.3 is 21.7 Å². The molecular weight excluding hydrogens is 290 g/mol. The van der Waals surface area contributed by atoms with Gasteiger partial charge in [-0.1, -0.05) is 24.3 Å². The number of primary amides is 1. The van der Waals surface area contributed by atoms with Crippen molar-refractivity contribution in [2.45, 2.75) is 19.4 Å². The summed E-state index contributed by atoms with van der Waals surface area (Å²) in [6.45, 7) is 6.30. The van der Waals surface area contributed by atoms with E-state index in [0.29, 0.717) is 25.6 Å². The van der Waals surface area contributed by atoms with Gasteiger partial charge in [0, 0.05) is 25.3 Å². The van der Waals surface area contributed by atoms with Crippen LogP contribution in [0.25, 0.3) is 0 Å². The molecule has 0 bridgehead atoms. The maximum absolute atomic E-state index is 11.5. The third-order valence-electron chi connectivity index (χ3n) is 4.00. The number of guanidine groups is 1. The molecule has 23 heavy (non-hydrogen) atoms. The molecule has 6 nitrogen and oxygen atoms in total. The zero-order valence-corrected chi connectivity index (χ0v) is 13.4. The summed E-state index contributed by atoms with van der Waals surface area (Å²) in [4.78, 5) is 18.1. The Morgan fingerprint density at radius 2 is 2.22 bits per heavy atom. The summed E-state index contributed by atoms with van der Waals surface area (Å²) >= 11 is 0. The SMILES string of the molecule is C=CCNC(N)=NCc1ccccc1N1CCC[C@H](C(N)=O)C1. The molecule has 1 aromatic rings. The molecule has 0 aromatic heterocycles. The van der Waals surface area contributed by atoms with Gasteiger partial charge in [0.2, 0.25) is 5.91 Å². The number of anilines is 1. The van der Waals surface area contributed by atoms with Gasteiger partial charge in [0.15, 0.2) is 5.96 Å². The van der Waals surface area contributed by atoms with E-state index in [-0.39, 0.29) is 11.8 Å². The van der Waals surface area contributed by atoms with Gasteiger partial charge in [-0.2, -0.15) is 0 Å². The number of piperidine rings is 1. The minimum atomic E-state index is -0.219. The van der Waals surface area contributed by atoms with Gasteiger partial charge in [-0.3, -0.25) is 4.79 Å². The highest BCUT2D eigenvalue weighted by molar-refractivity contribution is 5.78. The second-order valence-electron chi connectivity index (χ2n) is 5.69. The van der Waals surface area contributed by atoms with E-state index in [1.165, 1.54) is 0 Å². The summed E-state index contributed by atoms with van der Waals surface area (Å²) in [6, 6.07) is 8.07. The number of hydrogen-bond acceptors (Lipinski definition) is 3. The molecule has 0 spiro atoms. The van der Waals surface area contributed by atoms with Crippen molar-refractivity contribution in [3.63, 3.8) is 0 Å². The Kier molecular flexibility index (Phi) is 6.02. The molecule has 1 heterocycles. The average Bonchev–Trinajstić information content (AvgIpc) is 2.58. The molecule has 6 heteroatoms. The Morgan fingerprint density at radius 1 is 1.43 bits per heavy atom. The van der Waals surface area contributed by atoms with Crippen LogP contribution in [0.2, 0.25) is 0 Å². The van der Waals surface area contributed by atoms with Gasteiger partial charge >= 0.3 is 0 Å². The van der Waals surface area contributed by atoms with Crippen molar-refractivity contribution in [1.29, 1.82) is 0 Å². The van der Waals surface area contributed by atoms with Gasteiger partial charge in [0.1, 0.15) is 0 Å². The number of nitrogens with one attached hydrogen (secondary N) is 1. The molecule has 5 N–H and O–H groups in total. The van der Waals surface area contributed by atoms with E-state index >= 15 is 0 Å². The number of carbonyl (C=O) groups is 1. The van der Waals surface area contributed by atoms with Gasteiger partial charge in [-0.05, 0) is 24.5 Å². The van der Waals surface area contributed by atoms with E-state index in [1.54, 1.807) is 6.08 Å². The average molecular weight is 315 g/mol. The van der Waals surface area contributed by atoms with Crippen molar-refractivity contribution >= 4 is 17.6 Å². The quantitative estimate of drug-likeness (QED) is 0.414. The summed E-state index contributed by atoms with van der Waals surface area (Å²) in [5, 5.41) is 2.96. The van der Waals surface area contributed by atoms with Crippen LogP contribution in [-0.2, 0) is 11.3 Å². The number of carbonyl (C=O) groups excluding carboxylic acids is 1. The third kappa shape index (κ3) is 4.74. The van der Waals surface area contributed by atoms with Crippen molar-refractivity contribution in [1.82, 2.24) is 5.32 Å². The summed E-state index contributed by atoms with van der Waals surface area (Å²) < 4.78 is 0. The fourth-order valence-electron chi connectivity index (χ4n) is 2.78. The first kappa shape index (κ1) is 16.9. The molecular formula is C17H25N5O. The fraction of sp³-hybridized carbons (Fsp3) is 0.412.